The van der Waals surface area contributed by atoms with Gasteiger partial charge in [0.2, 0.25) is 17.7 Å². The normalized spacial score (nSPS) is 25.7. The average Bonchev–Trinajstić information content (AvgIpc) is 4.20. The number of rotatable bonds is 13. The van der Waals surface area contributed by atoms with Gasteiger partial charge >= 0.3 is 12.1 Å². The SMILES string of the molecule is C[C@@H]1[C@H]2CCC[C@H]2CN1C(=O)[C@@H](N)C(C)(C)C.C[C@@H]1[C@H]2CCC[C@H]2CN1C(=O)[C@@H](NC(=O)[C@@H](NC(=O)OCc1ccccc1)C1CCCCC1)C(C)(C)C.O=C(O)[C@@H](N=C([O-])OCc1ccccc1)C1CCCCC1. The monoisotopic (exact) mass is 1040 g/mol. The minimum atomic E-state index is -1.04. The fourth-order valence-corrected chi connectivity index (χ4v) is 12.8. The predicted octanol–water partition coefficient (Wildman–Crippen LogP) is 9.00. The number of carboxylic acids is 1. The molecule has 75 heavy (non-hydrogen) atoms. The van der Waals surface area contributed by atoms with Gasteiger partial charge in [0, 0.05) is 31.8 Å². The first kappa shape index (κ1) is 59.1. The number of carbonyl (C=O) groups is 5. The summed E-state index contributed by atoms with van der Waals surface area (Å²) in [4.78, 5) is 71.9. The van der Waals surface area contributed by atoms with E-state index in [1.807, 2.05) is 112 Å². The number of aliphatic imine (C=N–C) groups is 1. The van der Waals surface area contributed by atoms with Crippen molar-refractivity contribution in [3.8, 4) is 0 Å². The van der Waals surface area contributed by atoms with Crippen LogP contribution in [0.1, 0.15) is 169 Å². The van der Waals surface area contributed by atoms with Crippen LogP contribution in [0.4, 0.5) is 4.79 Å². The number of alkyl carbamates (subject to hydrolysis) is 1. The summed E-state index contributed by atoms with van der Waals surface area (Å²) in [6.07, 6.45) is 15.9. The molecule has 6 fully saturated rings. The number of amides is 4. The molecule has 10 atom stereocenters. The van der Waals surface area contributed by atoms with E-state index in [1.54, 1.807) is 0 Å². The Hall–Kier alpha value is -5.18. The summed E-state index contributed by atoms with van der Waals surface area (Å²) in [5.41, 5.74) is 7.23. The first-order valence-electron chi connectivity index (χ1n) is 28.4. The molecule has 2 aromatic carbocycles. The molecule has 0 spiro atoms. The number of nitrogens with one attached hydrogen (secondary N) is 2. The fourth-order valence-electron chi connectivity index (χ4n) is 12.8. The van der Waals surface area contributed by atoms with Gasteiger partial charge in [-0.25, -0.2) is 9.59 Å². The Labute approximate surface area is 447 Å². The Morgan fingerprint density at radius 1 is 0.640 bits per heavy atom. The van der Waals surface area contributed by atoms with Crippen molar-refractivity contribution < 1.29 is 43.7 Å². The van der Waals surface area contributed by atoms with Crippen LogP contribution in [-0.2, 0) is 41.9 Å². The van der Waals surface area contributed by atoms with Crippen LogP contribution in [0.5, 0.6) is 0 Å². The van der Waals surface area contributed by atoms with Crippen LogP contribution in [0.2, 0.25) is 0 Å². The van der Waals surface area contributed by atoms with Crippen molar-refractivity contribution in [1.82, 2.24) is 20.4 Å². The highest BCUT2D eigenvalue weighted by Gasteiger charge is 2.48. The van der Waals surface area contributed by atoms with Crippen LogP contribution >= 0.6 is 0 Å². The van der Waals surface area contributed by atoms with Gasteiger partial charge in [-0.2, -0.15) is 0 Å². The van der Waals surface area contributed by atoms with Gasteiger partial charge < -0.3 is 45.9 Å². The Bertz CT molecular complexity index is 2180. The number of aliphatic carboxylic acids is 1. The molecular weight excluding hydrogens is 949 g/mol. The molecular formula is C60H91N6O9-. The first-order chi connectivity index (χ1) is 35.6. The number of nitrogens with two attached hydrogens (primary N) is 1. The number of hydrogen-bond donors (Lipinski definition) is 4. The highest BCUT2D eigenvalue weighted by molar-refractivity contribution is 5.92. The zero-order chi connectivity index (χ0) is 54.5. The van der Waals surface area contributed by atoms with Gasteiger partial charge in [-0.15, -0.1) is 0 Å². The predicted molar refractivity (Wildman–Crippen MR) is 290 cm³/mol. The maximum Gasteiger partial charge on any atom is 0.408 e. The van der Waals surface area contributed by atoms with E-state index in [9.17, 15) is 34.2 Å². The van der Waals surface area contributed by atoms with E-state index in [0.717, 1.165) is 100 Å². The number of benzene rings is 2. The summed E-state index contributed by atoms with van der Waals surface area (Å²) >= 11 is 0. The number of ether oxygens (including phenoxy) is 2. The van der Waals surface area contributed by atoms with Crippen molar-refractivity contribution in [3.63, 3.8) is 0 Å². The highest BCUT2D eigenvalue weighted by atomic mass is 16.6. The van der Waals surface area contributed by atoms with Crippen molar-refractivity contribution >= 4 is 35.9 Å². The molecule has 5 N–H and O–H groups in total. The standard InChI is InChI=1S/C30H45N3O4.C16H21NO4.C14H26N2O/c1-20-24-17-11-16-23(24)18-33(20)28(35)26(30(2,3)4)32-27(34)25(22-14-9-6-10-15-22)31-29(36)37-19-21-12-7-5-8-13-21;18-15(19)14(13-9-5-2-6-10-13)17-16(20)21-11-12-7-3-1-4-8-12;1-9-11-7-5-6-10(11)8-16(9)13(17)12(15)14(2,3)4/h5,7-8,12-13,20,22-26H,6,9-11,14-19H2,1-4H3,(H,31,36)(H,32,34);1,3-4,7-8,13-14H,2,5-6,9-11H2,(H,17,20)(H,18,19);9-12H,5-8,15H2,1-4H3/p-1/t20-,23+,24-,25+,26-;14-;9-,10+,11-,12-/m101/s1. The van der Waals surface area contributed by atoms with Crippen LogP contribution in [0, 0.1) is 46.3 Å². The lowest BCUT2D eigenvalue weighted by Gasteiger charge is -2.37. The second kappa shape index (κ2) is 27.2. The molecule has 2 heterocycles. The van der Waals surface area contributed by atoms with Gasteiger partial charge in [-0.1, -0.05) is 154 Å². The molecule has 2 saturated heterocycles. The van der Waals surface area contributed by atoms with E-state index in [-0.39, 0.29) is 60.3 Å². The summed E-state index contributed by atoms with van der Waals surface area (Å²) in [7, 11) is 0. The highest BCUT2D eigenvalue weighted by Crippen LogP contribution is 2.44. The summed E-state index contributed by atoms with van der Waals surface area (Å²) in [5, 5.41) is 26.9. The minimum absolute atomic E-state index is 0.00296. The van der Waals surface area contributed by atoms with E-state index in [1.165, 1.54) is 38.5 Å². The lowest BCUT2D eigenvalue weighted by atomic mass is 9.82. The van der Waals surface area contributed by atoms with E-state index in [2.05, 4.69) is 29.5 Å². The quantitative estimate of drug-likeness (QED) is 0.110. The third kappa shape index (κ3) is 16.4. The van der Waals surface area contributed by atoms with Gasteiger partial charge in [0.15, 0.2) is 6.04 Å². The molecule has 416 valence electrons. The smallest absolute Gasteiger partial charge is 0.408 e. The average molecular weight is 1040 g/mol. The molecule has 15 heteroatoms. The van der Waals surface area contributed by atoms with E-state index < -0.39 is 41.7 Å². The summed E-state index contributed by atoms with van der Waals surface area (Å²) in [6.45, 7) is 18.4. The Morgan fingerprint density at radius 2 is 1.11 bits per heavy atom. The Morgan fingerprint density at radius 3 is 1.56 bits per heavy atom. The van der Waals surface area contributed by atoms with Crippen molar-refractivity contribution in [1.29, 1.82) is 0 Å². The fraction of sp³-hybridized carbons (Fsp3) is 0.700. The lowest BCUT2D eigenvalue weighted by Crippen LogP contribution is -2.60. The molecule has 2 aliphatic heterocycles. The number of fused-ring (bicyclic) bond motifs is 2. The third-order valence-electron chi connectivity index (χ3n) is 17.4. The van der Waals surface area contributed by atoms with Crippen molar-refractivity contribution in [3.05, 3.63) is 71.8 Å². The summed E-state index contributed by atoms with van der Waals surface area (Å²) in [6, 6.07) is 16.6. The van der Waals surface area contributed by atoms with Crippen molar-refractivity contribution in [2.75, 3.05) is 13.1 Å². The number of hydrogen-bond acceptors (Lipinski definition) is 10. The van der Waals surface area contributed by atoms with Gasteiger partial charge in [0.05, 0.1) is 6.04 Å². The molecule has 4 saturated carbocycles. The van der Waals surface area contributed by atoms with Crippen LogP contribution < -0.4 is 21.5 Å². The Kier molecular flexibility index (Phi) is 21.4. The second-order valence-corrected chi connectivity index (χ2v) is 24.8. The second-order valence-electron chi connectivity index (χ2n) is 24.8. The largest absolute Gasteiger partial charge is 0.596 e. The number of carbonyl (C=O) groups excluding carboxylic acids is 4. The molecule has 6 aliphatic rings. The molecule has 4 amide bonds. The van der Waals surface area contributed by atoms with Crippen LogP contribution in [0.25, 0.3) is 0 Å². The van der Waals surface area contributed by atoms with Gasteiger partial charge in [0.1, 0.15) is 24.8 Å². The maximum atomic E-state index is 13.8. The van der Waals surface area contributed by atoms with Crippen molar-refractivity contribution in [2.45, 2.75) is 208 Å². The molecule has 0 radical (unpaired) electrons. The number of nitrogens with zero attached hydrogens (tertiary/aromatic N) is 3. The maximum absolute atomic E-state index is 13.8. The molecule has 0 unspecified atom stereocenters. The van der Waals surface area contributed by atoms with Gasteiger partial charge in [0.25, 0.3) is 0 Å². The zero-order valence-corrected chi connectivity index (χ0v) is 46.5. The molecule has 0 bridgehead atoms. The molecule has 4 aliphatic carbocycles. The van der Waals surface area contributed by atoms with Crippen LogP contribution in [-0.4, -0.2) is 100 Å². The van der Waals surface area contributed by atoms with Gasteiger partial charge in [-0.3, -0.25) is 19.4 Å². The number of likely N-dealkylation sites (tertiary alicyclic amines) is 2. The van der Waals surface area contributed by atoms with Gasteiger partial charge in [-0.05, 0) is 123 Å². The Balaban J connectivity index is 0.000000202. The zero-order valence-electron chi connectivity index (χ0n) is 46.5. The minimum Gasteiger partial charge on any atom is -0.596 e. The molecule has 8 rings (SSSR count). The van der Waals surface area contributed by atoms with Crippen molar-refractivity contribution in [2.24, 2.45) is 57.1 Å². The number of carboxylic acid groups (broad SMARTS) is 1. The molecule has 0 aromatic heterocycles. The van der Waals surface area contributed by atoms with E-state index >= 15 is 0 Å². The van der Waals surface area contributed by atoms with Crippen LogP contribution in [0.3, 0.4) is 0 Å². The molecule has 2 aromatic rings. The van der Waals surface area contributed by atoms with E-state index in [4.69, 9.17) is 15.2 Å². The topological polar surface area (TPSA) is 216 Å². The van der Waals surface area contributed by atoms with E-state index in [0.29, 0.717) is 17.9 Å². The van der Waals surface area contributed by atoms with Crippen LogP contribution in [0.15, 0.2) is 65.7 Å². The first-order valence-corrected chi connectivity index (χ1v) is 28.4. The third-order valence-corrected chi connectivity index (χ3v) is 17.4. The lowest BCUT2D eigenvalue weighted by molar-refractivity contribution is -0.253. The summed E-state index contributed by atoms with van der Waals surface area (Å²) in [5.74, 6) is 1.40. The molecule has 15 nitrogen and oxygen atoms in total. The summed E-state index contributed by atoms with van der Waals surface area (Å²) < 4.78 is 10.5.